The topological polar surface area (TPSA) is 74.3 Å². The highest BCUT2D eigenvalue weighted by atomic mass is 16.5. The number of hydrogen-bond acceptors (Lipinski definition) is 5. The highest BCUT2D eigenvalue weighted by molar-refractivity contribution is 5.85. The summed E-state index contributed by atoms with van der Waals surface area (Å²) in [5.74, 6) is 0.987. The molecule has 5 aromatic rings. The van der Waals surface area contributed by atoms with Crippen molar-refractivity contribution in [2.45, 2.75) is 19.0 Å². The van der Waals surface area contributed by atoms with Crippen molar-refractivity contribution >= 4 is 10.9 Å². The van der Waals surface area contributed by atoms with Gasteiger partial charge in [0, 0.05) is 42.1 Å². The van der Waals surface area contributed by atoms with E-state index in [0.29, 0.717) is 11.8 Å². The Morgan fingerprint density at radius 3 is 2.59 bits per heavy atom. The Bertz CT molecular complexity index is 1430. The summed E-state index contributed by atoms with van der Waals surface area (Å²) in [6.45, 7) is 1.70. The van der Waals surface area contributed by atoms with Crippen molar-refractivity contribution in [3.63, 3.8) is 0 Å². The first kappa shape index (κ1) is 20.4. The smallest absolute Gasteiger partial charge is 0.321 e. The molecule has 6 nitrogen and oxygen atoms in total. The van der Waals surface area contributed by atoms with E-state index in [-0.39, 0.29) is 11.8 Å². The fourth-order valence-electron chi connectivity index (χ4n) is 4.87. The maximum atomic E-state index is 10.2. The third-order valence-corrected chi connectivity index (χ3v) is 6.38. The van der Waals surface area contributed by atoms with Crippen LogP contribution in [0.1, 0.15) is 28.4 Å². The lowest BCUT2D eigenvalue weighted by atomic mass is 9.92. The number of aromatic amines is 1. The molecule has 0 aliphatic carbocycles. The van der Waals surface area contributed by atoms with Crippen LogP contribution in [0.15, 0.2) is 91.3 Å². The van der Waals surface area contributed by atoms with Gasteiger partial charge in [-0.1, -0.05) is 42.5 Å². The van der Waals surface area contributed by atoms with Crippen molar-refractivity contribution < 1.29 is 9.84 Å². The molecule has 0 bridgehead atoms. The van der Waals surface area contributed by atoms with Crippen LogP contribution in [0.3, 0.4) is 0 Å². The van der Waals surface area contributed by atoms with E-state index < -0.39 is 0 Å². The van der Waals surface area contributed by atoms with Crippen LogP contribution in [0.5, 0.6) is 17.5 Å². The lowest BCUT2D eigenvalue weighted by Crippen LogP contribution is -2.35. The quantitative estimate of drug-likeness (QED) is 0.366. The molecular formula is C28H24N4O2. The fourth-order valence-corrected chi connectivity index (χ4v) is 4.87. The van der Waals surface area contributed by atoms with Gasteiger partial charge in [0.1, 0.15) is 11.5 Å². The Morgan fingerprint density at radius 2 is 1.76 bits per heavy atom. The van der Waals surface area contributed by atoms with Crippen LogP contribution in [0.25, 0.3) is 10.9 Å². The number of nitrogens with zero attached hydrogens (tertiary/aromatic N) is 3. The van der Waals surface area contributed by atoms with Gasteiger partial charge in [0.15, 0.2) is 0 Å². The average Bonchev–Trinajstić information content (AvgIpc) is 3.24. The summed E-state index contributed by atoms with van der Waals surface area (Å²) in [4.78, 5) is 14.4. The van der Waals surface area contributed by atoms with Crippen LogP contribution >= 0.6 is 0 Å². The van der Waals surface area contributed by atoms with E-state index in [1.165, 1.54) is 22.2 Å². The molecule has 1 aliphatic rings. The zero-order valence-electron chi connectivity index (χ0n) is 18.6. The molecule has 0 amide bonds. The van der Waals surface area contributed by atoms with Gasteiger partial charge in [-0.3, -0.25) is 4.90 Å². The minimum absolute atomic E-state index is 0.0249. The van der Waals surface area contributed by atoms with Gasteiger partial charge in [-0.05, 0) is 59.5 Å². The van der Waals surface area contributed by atoms with Crippen molar-refractivity contribution in [1.82, 2.24) is 19.9 Å². The molecule has 0 saturated heterocycles. The van der Waals surface area contributed by atoms with E-state index in [1.807, 2.05) is 24.3 Å². The lowest BCUT2D eigenvalue weighted by molar-refractivity contribution is 0.201. The van der Waals surface area contributed by atoms with Gasteiger partial charge < -0.3 is 14.8 Å². The van der Waals surface area contributed by atoms with Gasteiger partial charge in [-0.25, -0.2) is 9.97 Å². The number of H-pyrrole nitrogens is 1. The first-order chi connectivity index (χ1) is 16.7. The van der Waals surface area contributed by atoms with Crippen molar-refractivity contribution in [2.24, 2.45) is 0 Å². The Kier molecular flexibility index (Phi) is 5.20. The normalized spacial score (nSPS) is 15.8. The van der Waals surface area contributed by atoms with Gasteiger partial charge in [-0.15, -0.1) is 0 Å². The molecule has 0 fully saturated rings. The van der Waals surface area contributed by atoms with Crippen molar-refractivity contribution in [3.8, 4) is 17.5 Å². The largest absolute Gasteiger partial charge is 0.508 e. The molecule has 34 heavy (non-hydrogen) atoms. The molecule has 2 aromatic heterocycles. The number of aromatic nitrogens is 3. The number of para-hydroxylation sites is 1. The number of ether oxygens (including phenoxy) is 1. The Morgan fingerprint density at radius 1 is 0.941 bits per heavy atom. The predicted molar refractivity (Wildman–Crippen MR) is 131 cm³/mol. The van der Waals surface area contributed by atoms with E-state index >= 15 is 0 Å². The molecular weight excluding hydrogens is 424 g/mol. The molecule has 2 N–H and O–H groups in total. The zero-order chi connectivity index (χ0) is 22.9. The number of phenols is 1. The molecule has 6 rings (SSSR count). The minimum atomic E-state index is 0.0249. The van der Waals surface area contributed by atoms with Crippen LogP contribution in [-0.2, 0) is 13.0 Å². The van der Waals surface area contributed by atoms with E-state index in [1.54, 1.807) is 24.5 Å². The van der Waals surface area contributed by atoms with Gasteiger partial charge >= 0.3 is 6.01 Å². The first-order valence-electron chi connectivity index (χ1n) is 11.4. The monoisotopic (exact) mass is 448 g/mol. The van der Waals surface area contributed by atoms with Crippen LogP contribution in [0.4, 0.5) is 0 Å². The van der Waals surface area contributed by atoms with Gasteiger partial charge in [0.05, 0.1) is 6.04 Å². The van der Waals surface area contributed by atoms with Crippen LogP contribution < -0.4 is 4.74 Å². The average molecular weight is 449 g/mol. The van der Waals surface area contributed by atoms with E-state index in [4.69, 9.17) is 4.74 Å². The summed E-state index contributed by atoms with van der Waals surface area (Å²) in [6, 6.07) is 26.3. The maximum absolute atomic E-state index is 10.2. The second-order valence-corrected chi connectivity index (χ2v) is 8.56. The fraction of sp³-hybridized carbons (Fsp3) is 0.143. The highest BCUT2D eigenvalue weighted by Crippen LogP contribution is 2.39. The summed E-state index contributed by atoms with van der Waals surface area (Å²) in [5.41, 5.74) is 6.00. The number of aromatic hydroxyl groups is 1. The van der Waals surface area contributed by atoms with Gasteiger partial charge in [-0.2, -0.15) is 0 Å². The summed E-state index contributed by atoms with van der Waals surface area (Å²) in [5, 5.41) is 11.5. The number of hydrogen-bond donors (Lipinski definition) is 2. The molecule has 168 valence electrons. The summed E-state index contributed by atoms with van der Waals surface area (Å²) in [7, 11) is 0. The van der Waals surface area contributed by atoms with E-state index in [9.17, 15) is 5.11 Å². The van der Waals surface area contributed by atoms with E-state index in [0.717, 1.165) is 30.6 Å². The second kappa shape index (κ2) is 8.65. The molecule has 0 saturated carbocycles. The number of fused-ring (bicyclic) bond motifs is 3. The molecule has 1 aliphatic heterocycles. The maximum Gasteiger partial charge on any atom is 0.321 e. The van der Waals surface area contributed by atoms with Gasteiger partial charge in [0.25, 0.3) is 0 Å². The van der Waals surface area contributed by atoms with Crippen molar-refractivity contribution in [1.29, 1.82) is 0 Å². The molecule has 6 heteroatoms. The number of phenolic OH excluding ortho intramolecular Hbond substituents is 1. The summed E-state index contributed by atoms with van der Waals surface area (Å²) in [6.07, 6.45) is 4.29. The summed E-state index contributed by atoms with van der Waals surface area (Å²) >= 11 is 0. The van der Waals surface area contributed by atoms with Crippen molar-refractivity contribution in [2.75, 3.05) is 6.54 Å². The van der Waals surface area contributed by atoms with E-state index in [2.05, 4.69) is 62.3 Å². The Hall–Kier alpha value is -4.16. The van der Waals surface area contributed by atoms with Gasteiger partial charge in [0.2, 0.25) is 0 Å². The Labute approximate surface area is 197 Å². The SMILES string of the molecule is Oc1cccc([C@H]2c3[nH]c4ccccc4c3CCN2Cc2ccc(Oc3ncccn3)cc2)c1. The number of rotatable bonds is 5. The summed E-state index contributed by atoms with van der Waals surface area (Å²) < 4.78 is 5.74. The molecule has 0 unspecified atom stereocenters. The Balaban J connectivity index is 1.31. The molecule has 3 heterocycles. The van der Waals surface area contributed by atoms with Crippen LogP contribution in [0, 0.1) is 0 Å². The highest BCUT2D eigenvalue weighted by Gasteiger charge is 2.31. The van der Waals surface area contributed by atoms with Crippen LogP contribution in [-0.4, -0.2) is 31.5 Å². The number of benzene rings is 3. The molecule has 0 spiro atoms. The third-order valence-electron chi connectivity index (χ3n) is 6.38. The zero-order valence-corrected chi connectivity index (χ0v) is 18.6. The molecule has 3 aromatic carbocycles. The molecule has 1 atom stereocenters. The second-order valence-electron chi connectivity index (χ2n) is 8.56. The standard InChI is InChI=1S/C28H24N4O2/c33-21-6-3-5-20(17-21)27-26-24(23-7-1-2-8-25(23)31-26)13-16-32(27)18-19-9-11-22(12-10-19)34-28-29-14-4-15-30-28/h1-12,14-15,17,27,31,33H,13,16,18H2/t27-/m0/s1. The first-order valence-corrected chi connectivity index (χ1v) is 11.4. The third kappa shape index (κ3) is 3.89. The van der Waals surface area contributed by atoms with Crippen molar-refractivity contribution in [3.05, 3.63) is 114 Å². The number of nitrogens with one attached hydrogen (secondary N) is 1. The van der Waals surface area contributed by atoms with Crippen LogP contribution in [0.2, 0.25) is 0 Å². The predicted octanol–water partition coefficient (Wildman–Crippen LogP) is 5.60. The molecule has 0 radical (unpaired) electrons. The minimum Gasteiger partial charge on any atom is -0.508 e. The lowest BCUT2D eigenvalue weighted by Gasteiger charge is -2.36.